The SMILES string of the molecule is C[C@@H]1C[C@H](N)CN(c2ccncc2NC(=O)c2ccc(F)c(-c3ccc(F)cc3F)c2F)C1.Cl.Cl. The maximum Gasteiger partial charge on any atom is 0.258 e. The Kier molecular flexibility index (Phi) is 9.48. The van der Waals surface area contributed by atoms with Crippen LogP contribution >= 0.6 is 24.8 Å². The number of pyridine rings is 1. The third kappa shape index (κ3) is 6.04. The number of anilines is 2. The fourth-order valence-electron chi connectivity index (χ4n) is 4.21. The van der Waals surface area contributed by atoms with Gasteiger partial charge in [0.05, 0.1) is 28.7 Å². The zero-order valence-electron chi connectivity index (χ0n) is 18.6. The van der Waals surface area contributed by atoms with Crippen LogP contribution in [-0.2, 0) is 0 Å². The van der Waals surface area contributed by atoms with Gasteiger partial charge in [-0.1, -0.05) is 6.92 Å². The number of rotatable bonds is 4. The number of carbonyl (C=O) groups is 1. The molecule has 1 aliphatic rings. The molecule has 11 heteroatoms. The van der Waals surface area contributed by atoms with E-state index in [9.17, 15) is 18.0 Å². The van der Waals surface area contributed by atoms with Gasteiger partial charge in [-0.15, -0.1) is 24.8 Å². The van der Waals surface area contributed by atoms with E-state index in [4.69, 9.17) is 5.73 Å². The lowest BCUT2D eigenvalue weighted by atomic mass is 9.96. The topological polar surface area (TPSA) is 71.2 Å². The summed E-state index contributed by atoms with van der Waals surface area (Å²) >= 11 is 0. The molecular weight excluding hydrogens is 507 g/mol. The van der Waals surface area contributed by atoms with Crippen molar-refractivity contribution in [2.45, 2.75) is 19.4 Å². The molecule has 1 fully saturated rings. The molecule has 1 amide bonds. The monoisotopic (exact) mass is 530 g/mol. The molecule has 2 atom stereocenters. The van der Waals surface area contributed by atoms with Crippen molar-refractivity contribution in [3.05, 3.63) is 77.6 Å². The second kappa shape index (κ2) is 11.7. The van der Waals surface area contributed by atoms with Gasteiger partial charge < -0.3 is 16.0 Å². The van der Waals surface area contributed by atoms with Gasteiger partial charge in [0.15, 0.2) is 0 Å². The third-order valence-corrected chi connectivity index (χ3v) is 5.62. The van der Waals surface area contributed by atoms with Gasteiger partial charge in [0.25, 0.3) is 5.91 Å². The normalized spacial score (nSPS) is 17.3. The van der Waals surface area contributed by atoms with Gasteiger partial charge in [-0.05, 0) is 42.7 Å². The smallest absolute Gasteiger partial charge is 0.258 e. The van der Waals surface area contributed by atoms with Crippen molar-refractivity contribution in [2.75, 3.05) is 23.3 Å². The summed E-state index contributed by atoms with van der Waals surface area (Å²) in [7, 11) is 0. The number of benzene rings is 2. The van der Waals surface area contributed by atoms with Crippen LogP contribution in [0.1, 0.15) is 23.7 Å². The molecule has 0 aliphatic carbocycles. The van der Waals surface area contributed by atoms with Crippen LogP contribution < -0.4 is 16.0 Å². The molecule has 0 radical (unpaired) electrons. The van der Waals surface area contributed by atoms with Crippen LogP contribution in [0.25, 0.3) is 11.1 Å². The Bertz CT molecular complexity index is 1200. The van der Waals surface area contributed by atoms with Crippen molar-refractivity contribution in [3.8, 4) is 11.1 Å². The Labute approximate surface area is 212 Å². The molecule has 5 nitrogen and oxygen atoms in total. The van der Waals surface area contributed by atoms with Crippen molar-refractivity contribution in [2.24, 2.45) is 11.7 Å². The van der Waals surface area contributed by atoms with E-state index in [1.54, 1.807) is 12.3 Å². The summed E-state index contributed by atoms with van der Waals surface area (Å²) in [6.45, 7) is 3.38. The first-order chi connectivity index (χ1) is 15.7. The van der Waals surface area contributed by atoms with Gasteiger partial charge in [-0.25, -0.2) is 17.6 Å². The van der Waals surface area contributed by atoms with E-state index in [1.807, 2.05) is 4.90 Å². The van der Waals surface area contributed by atoms with Gasteiger partial charge in [0, 0.05) is 37.0 Å². The molecule has 0 unspecified atom stereocenters. The maximum atomic E-state index is 15.2. The Morgan fingerprint density at radius 2 is 1.80 bits per heavy atom. The average molecular weight is 531 g/mol. The molecule has 0 bridgehead atoms. The summed E-state index contributed by atoms with van der Waals surface area (Å²) in [5.74, 6) is -4.88. The Morgan fingerprint density at radius 1 is 1.06 bits per heavy atom. The third-order valence-electron chi connectivity index (χ3n) is 5.62. The number of halogens is 6. The number of aromatic nitrogens is 1. The highest BCUT2D eigenvalue weighted by Crippen LogP contribution is 2.32. The zero-order chi connectivity index (χ0) is 23.7. The molecule has 1 saturated heterocycles. The van der Waals surface area contributed by atoms with Crippen molar-refractivity contribution in [1.29, 1.82) is 0 Å². The molecule has 3 aromatic rings. The fourth-order valence-corrected chi connectivity index (χ4v) is 4.21. The first-order valence-corrected chi connectivity index (χ1v) is 10.4. The maximum absolute atomic E-state index is 15.2. The number of nitrogens with two attached hydrogens (primary N) is 1. The summed E-state index contributed by atoms with van der Waals surface area (Å²) in [4.78, 5) is 19.0. The molecule has 0 spiro atoms. The second-order valence-corrected chi connectivity index (χ2v) is 8.26. The average Bonchev–Trinajstić information content (AvgIpc) is 2.75. The number of piperidine rings is 1. The molecule has 1 aromatic heterocycles. The molecule has 1 aliphatic heterocycles. The number of nitrogens with one attached hydrogen (secondary N) is 1. The van der Waals surface area contributed by atoms with Crippen LogP contribution in [0, 0.1) is 29.2 Å². The minimum Gasteiger partial charge on any atom is -0.368 e. The number of amides is 1. The van der Waals surface area contributed by atoms with E-state index in [0.29, 0.717) is 29.9 Å². The molecule has 2 heterocycles. The molecule has 0 saturated carbocycles. The summed E-state index contributed by atoms with van der Waals surface area (Å²) in [6, 6.07) is 5.86. The molecule has 188 valence electrons. The van der Waals surface area contributed by atoms with Crippen LogP contribution in [0.4, 0.5) is 28.9 Å². The van der Waals surface area contributed by atoms with Gasteiger partial charge in [0.2, 0.25) is 0 Å². The minimum atomic E-state index is -1.25. The van der Waals surface area contributed by atoms with Gasteiger partial charge in [0.1, 0.15) is 23.3 Å². The standard InChI is InChI=1S/C24H22F4N4O.2ClH/c1-13-8-15(29)12-32(11-13)21-6-7-30-10-20(21)31-24(33)17-4-5-18(26)22(23(17)28)16-3-2-14(25)9-19(16)27;;/h2-7,9-10,13,15H,8,11-12,29H2,1H3,(H,31,33);2*1H/t13-,15+;;/m1../s1. The number of hydrogen-bond acceptors (Lipinski definition) is 4. The van der Waals surface area contributed by atoms with Crippen LogP contribution in [0.5, 0.6) is 0 Å². The largest absolute Gasteiger partial charge is 0.368 e. The fraction of sp³-hybridized carbons (Fsp3) is 0.250. The van der Waals surface area contributed by atoms with E-state index < -0.39 is 45.9 Å². The zero-order valence-corrected chi connectivity index (χ0v) is 20.2. The van der Waals surface area contributed by atoms with E-state index in [1.165, 1.54) is 6.20 Å². The van der Waals surface area contributed by atoms with Crippen LogP contribution in [-0.4, -0.2) is 30.0 Å². The number of nitrogens with zero attached hydrogens (tertiary/aromatic N) is 2. The van der Waals surface area contributed by atoms with Gasteiger partial charge in [-0.3, -0.25) is 9.78 Å². The minimum absolute atomic E-state index is 0. The predicted octanol–water partition coefficient (Wildman–Crippen LogP) is 5.57. The predicted molar refractivity (Wildman–Crippen MR) is 132 cm³/mol. The molecule has 35 heavy (non-hydrogen) atoms. The summed E-state index contributed by atoms with van der Waals surface area (Å²) in [6.07, 6.45) is 3.89. The Hall–Kier alpha value is -2.88. The highest BCUT2D eigenvalue weighted by Gasteiger charge is 2.26. The molecule has 2 aromatic carbocycles. The van der Waals surface area contributed by atoms with Gasteiger partial charge >= 0.3 is 0 Å². The summed E-state index contributed by atoms with van der Waals surface area (Å²) in [5, 5.41) is 2.62. The highest BCUT2D eigenvalue weighted by molar-refractivity contribution is 6.06. The van der Waals surface area contributed by atoms with E-state index in [0.717, 1.165) is 37.2 Å². The molecule has 3 N–H and O–H groups in total. The van der Waals surface area contributed by atoms with Crippen LogP contribution in [0.2, 0.25) is 0 Å². The first-order valence-electron chi connectivity index (χ1n) is 10.4. The highest BCUT2D eigenvalue weighted by atomic mass is 35.5. The Morgan fingerprint density at radius 3 is 2.49 bits per heavy atom. The van der Waals surface area contributed by atoms with E-state index in [-0.39, 0.29) is 30.9 Å². The summed E-state index contributed by atoms with van der Waals surface area (Å²) in [5.41, 5.74) is 5.42. The first kappa shape index (κ1) is 28.4. The van der Waals surface area contributed by atoms with Crippen LogP contribution in [0.15, 0.2) is 48.8 Å². The lowest BCUT2D eigenvalue weighted by Crippen LogP contribution is -2.46. The lowest BCUT2D eigenvalue weighted by Gasteiger charge is -2.37. The van der Waals surface area contributed by atoms with Gasteiger partial charge in [-0.2, -0.15) is 0 Å². The quantitative estimate of drug-likeness (QED) is 0.432. The molecular formula is C24H24Cl2F4N4O. The lowest BCUT2D eigenvalue weighted by molar-refractivity contribution is 0.102. The van der Waals surface area contributed by atoms with E-state index in [2.05, 4.69) is 17.2 Å². The number of carbonyl (C=O) groups excluding carboxylic acids is 1. The van der Waals surface area contributed by atoms with Crippen LogP contribution in [0.3, 0.4) is 0 Å². The molecule has 4 rings (SSSR count). The summed E-state index contributed by atoms with van der Waals surface area (Å²) < 4.78 is 57.1. The number of hydrogen-bond donors (Lipinski definition) is 2. The van der Waals surface area contributed by atoms with E-state index >= 15 is 4.39 Å². The van der Waals surface area contributed by atoms with Crippen molar-refractivity contribution < 1.29 is 22.4 Å². The van der Waals surface area contributed by atoms with Crippen molar-refractivity contribution >= 4 is 42.1 Å². The second-order valence-electron chi connectivity index (χ2n) is 8.26. The Balaban J connectivity index is 0.00000216. The van der Waals surface area contributed by atoms with Crippen molar-refractivity contribution in [3.63, 3.8) is 0 Å². The van der Waals surface area contributed by atoms with Crippen molar-refractivity contribution in [1.82, 2.24) is 4.98 Å².